The normalized spacial score (nSPS) is 10.2. The van der Waals surface area contributed by atoms with Gasteiger partial charge in [-0.05, 0) is 58.2 Å². The van der Waals surface area contributed by atoms with Crippen LogP contribution in [0.2, 0.25) is 0 Å². The molecule has 0 bridgehead atoms. The lowest BCUT2D eigenvalue weighted by atomic mass is 10.1. The van der Waals surface area contributed by atoms with Gasteiger partial charge in [0.05, 0.1) is 19.2 Å². The third-order valence-electron chi connectivity index (χ3n) is 2.90. The molecule has 1 N–H and O–H groups in total. The van der Waals surface area contributed by atoms with Crippen molar-refractivity contribution < 1.29 is 9.53 Å². The maximum absolute atomic E-state index is 12.0. The molecular formula is C16H16BrNO2. The summed E-state index contributed by atoms with van der Waals surface area (Å²) >= 11 is 3.45. The number of hydrogen-bond donors (Lipinski definition) is 1. The van der Waals surface area contributed by atoms with Crippen LogP contribution < -0.4 is 10.1 Å². The van der Waals surface area contributed by atoms with Gasteiger partial charge in [-0.15, -0.1) is 0 Å². The van der Waals surface area contributed by atoms with E-state index in [-0.39, 0.29) is 5.91 Å². The molecule has 0 saturated heterocycles. The molecule has 2 aromatic rings. The van der Waals surface area contributed by atoms with Gasteiger partial charge in [-0.25, -0.2) is 0 Å². The zero-order chi connectivity index (χ0) is 14.5. The molecule has 4 heteroatoms. The van der Waals surface area contributed by atoms with Crippen LogP contribution in [0.1, 0.15) is 11.1 Å². The van der Waals surface area contributed by atoms with Gasteiger partial charge in [0.2, 0.25) is 5.91 Å². The summed E-state index contributed by atoms with van der Waals surface area (Å²) in [5.41, 5.74) is 2.84. The van der Waals surface area contributed by atoms with Crippen LogP contribution in [0.5, 0.6) is 5.75 Å². The predicted molar refractivity (Wildman–Crippen MR) is 84.2 cm³/mol. The highest BCUT2D eigenvalue weighted by Gasteiger charge is 2.07. The number of methoxy groups -OCH3 is 1. The van der Waals surface area contributed by atoms with Crippen molar-refractivity contribution in [3.05, 3.63) is 58.1 Å². The monoisotopic (exact) mass is 333 g/mol. The van der Waals surface area contributed by atoms with E-state index >= 15 is 0 Å². The summed E-state index contributed by atoms with van der Waals surface area (Å²) in [6, 6.07) is 13.3. The molecule has 0 atom stereocenters. The van der Waals surface area contributed by atoms with E-state index in [0.717, 1.165) is 27.0 Å². The molecule has 0 aliphatic carbocycles. The summed E-state index contributed by atoms with van der Waals surface area (Å²) in [5.74, 6) is 0.703. The first-order chi connectivity index (χ1) is 9.58. The summed E-state index contributed by atoms with van der Waals surface area (Å²) in [6.07, 6.45) is 0.317. The average Bonchev–Trinajstić information content (AvgIpc) is 2.42. The van der Waals surface area contributed by atoms with Crippen molar-refractivity contribution in [2.75, 3.05) is 12.4 Å². The third-order valence-corrected chi connectivity index (χ3v) is 3.55. The highest BCUT2D eigenvalue weighted by molar-refractivity contribution is 9.10. The van der Waals surface area contributed by atoms with Gasteiger partial charge in [0.15, 0.2) is 0 Å². The highest BCUT2D eigenvalue weighted by Crippen LogP contribution is 2.23. The van der Waals surface area contributed by atoms with Gasteiger partial charge in [0.1, 0.15) is 5.75 Å². The molecule has 0 aliphatic rings. The van der Waals surface area contributed by atoms with E-state index in [1.807, 2.05) is 49.4 Å². The summed E-state index contributed by atoms with van der Waals surface area (Å²) in [4.78, 5) is 12.0. The lowest BCUT2D eigenvalue weighted by Crippen LogP contribution is -2.14. The number of rotatable bonds is 4. The van der Waals surface area contributed by atoms with Crippen LogP contribution in [-0.2, 0) is 11.2 Å². The van der Waals surface area contributed by atoms with Gasteiger partial charge in [-0.1, -0.05) is 18.2 Å². The topological polar surface area (TPSA) is 38.3 Å². The number of anilines is 1. The minimum Gasteiger partial charge on any atom is -0.497 e. The Morgan fingerprint density at radius 2 is 2.05 bits per heavy atom. The minimum atomic E-state index is -0.0530. The molecule has 1 amide bonds. The van der Waals surface area contributed by atoms with E-state index in [2.05, 4.69) is 21.2 Å². The van der Waals surface area contributed by atoms with Crippen LogP contribution in [0.3, 0.4) is 0 Å². The lowest BCUT2D eigenvalue weighted by molar-refractivity contribution is -0.115. The Morgan fingerprint density at radius 3 is 2.75 bits per heavy atom. The SMILES string of the molecule is COc1cccc(CC(=O)Nc2ccc(C)cc2Br)c1. The summed E-state index contributed by atoms with van der Waals surface area (Å²) in [7, 11) is 1.61. The Kier molecular flexibility index (Phi) is 4.79. The van der Waals surface area contributed by atoms with Crippen LogP contribution >= 0.6 is 15.9 Å². The quantitative estimate of drug-likeness (QED) is 0.919. The summed E-state index contributed by atoms with van der Waals surface area (Å²) in [5, 5.41) is 2.90. The Bertz CT molecular complexity index is 626. The molecule has 0 radical (unpaired) electrons. The molecule has 104 valence electrons. The molecule has 0 aromatic heterocycles. The maximum Gasteiger partial charge on any atom is 0.228 e. The number of nitrogens with one attached hydrogen (secondary N) is 1. The van der Waals surface area contributed by atoms with Crippen molar-refractivity contribution in [1.82, 2.24) is 0 Å². The Morgan fingerprint density at radius 1 is 1.25 bits per heavy atom. The van der Waals surface area contributed by atoms with Crippen LogP contribution in [0.25, 0.3) is 0 Å². The lowest BCUT2D eigenvalue weighted by Gasteiger charge is -2.09. The smallest absolute Gasteiger partial charge is 0.228 e. The zero-order valence-corrected chi connectivity index (χ0v) is 13.0. The van der Waals surface area contributed by atoms with Gasteiger partial charge in [-0.2, -0.15) is 0 Å². The van der Waals surface area contributed by atoms with Crippen LogP contribution in [-0.4, -0.2) is 13.0 Å². The minimum absolute atomic E-state index is 0.0530. The number of amides is 1. The highest BCUT2D eigenvalue weighted by atomic mass is 79.9. The Labute approximate surface area is 127 Å². The van der Waals surface area contributed by atoms with E-state index in [9.17, 15) is 4.79 Å². The number of carbonyl (C=O) groups is 1. The molecule has 20 heavy (non-hydrogen) atoms. The fourth-order valence-corrected chi connectivity index (χ4v) is 2.48. The van der Waals surface area contributed by atoms with Crippen LogP contribution in [0, 0.1) is 6.92 Å². The van der Waals surface area contributed by atoms with Gasteiger partial charge in [0.25, 0.3) is 0 Å². The summed E-state index contributed by atoms with van der Waals surface area (Å²) < 4.78 is 6.03. The molecule has 0 spiro atoms. The van der Waals surface area contributed by atoms with E-state index in [1.54, 1.807) is 7.11 Å². The largest absolute Gasteiger partial charge is 0.497 e. The first-order valence-electron chi connectivity index (χ1n) is 6.27. The first-order valence-corrected chi connectivity index (χ1v) is 7.06. The second-order valence-corrected chi connectivity index (χ2v) is 5.41. The number of hydrogen-bond acceptors (Lipinski definition) is 2. The molecular weight excluding hydrogens is 318 g/mol. The average molecular weight is 334 g/mol. The predicted octanol–water partition coefficient (Wildman–Crippen LogP) is 3.95. The van der Waals surface area contributed by atoms with Gasteiger partial charge in [-0.3, -0.25) is 4.79 Å². The Hall–Kier alpha value is -1.81. The van der Waals surface area contributed by atoms with Gasteiger partial charge in [0, 0.05) is 4.47 Å². The molecule has 0 unspecified atom stereocenters. The standard InChI is InChI=1S/C16H16BrNO2/c1-11-6-7-15(14(17)8-11)18-16(19)10-12-4-3-5-13(9-12)20-2/h3-9H,10H2,1-2H3,(H,18,19). The number of halogens is 1. The second kappa shape index (κ2) is 6.57. The first kappa shape index (κ1) is 14.6. The molecule has 0 saturated carbocycles. The summed E-state index contributed by atoms with van der Waals surface area (Å²) in [6.45, 7) is 2.01. The zero-order valence-electron chi connectivity index (χ0n) is 11.4. The van der Waals surface area contributed by atoms with E-state index in [1.165, 1.54) is 0 Å². The van der Waals surface area contributed by atoms with Crippen LogP contribution in [0.4, 0.5) is 5.69 Å². The molecule has 0 heterocycles. The number of ether oxygens (including phenoxy) is 1. The van der Waals surface area contributed by atoms with E-state index in [0.29, 0.717) is 6.42 Å². The Balaban J connectivity index is 2.05. The van der Waals surface area contributed by atoms with Crippen molar-refractivity contribution in [3.63, 3.8) is 0 Å². The van der Waals surface area contributed by atoms with Crippen molar-refractivity contribution >= 4 is 27.5 Å². The number of benzene rings is 2. The van der Waals surface area contributed by atoms with Gasteiger partial charge >= 0.3 is 0 Å². The molecule has 0 fully saturated rings. The van der Waals surface area contributed by atoms with Crippen molar-refractivity contribution in [3.8, 4) is 5.75 Å². The van der Waals surface area contributed by atoms with Crippen molar-refractivity contribution in [1.29, 1.82) is 0 Å². The fraction of sp³-hybridized carbons (Fsp3) is 0.188. The molecule has 3 nitrogen and oxygen atoms in total. The second-order valence-electron chi connectivity index (χ2n) is 4.56. The number of aryl methyl sites for hydroxylation is 1. The molecule has 0 aliphatic heterocycles. The van der Waals surface area contributed by atoms with Crippen LogP contribution in [0.15, 0.2) is 46.9 Å². The van der Waals surface area contributed by atoms with E-state index < -0.39 is 0 Å². The number of carbonyl (C=O) groups excluding carboxylic acids is 1. The van der Waals surface area contributed by atoms with Crippen molar-refractivity contribution in [2.45, 2.75) is 13.3 Å². The van der Waals surface area contributed by atoms with Gasteiger partial charge < -0.3 is 10.1 Å². The fourth-order valence-electron chi connectivity index (χ4n) is 1.88. The molecule has 2 rings (SSSR count). The van der Waals surface area contributed by atoms with E-state index in [4.69, 9.17) is 4.74 Å². The third kappa shape index (κ3) is 3.84. The maximum atomic E-state index is 12.0. The van der Waals surface area contributed by atoms with Crippen molar-refractivity contribution in [2.24, 2.45) is 0 Å². The molecule has 2 aromatic carbocycles.